The Morgan fingerprint density at radius 1 is 1.50 bits per heavy atom. The summed E-state index contributed by atoms with van der Waals surface area (Å²) in [5.74, 6) is -1.29. The van der Waals surface area contributed by atoms with Crippen molar-refractivity contribution in [3.8, 4) is 5.75 Å². The van der Waals surface area contributed by atoms with Gasteiger partial charge in [-0.05, 0) is 18.2 Å². The van der Waals surface area contributed by atoms with Crippen LogP contribution in [0.15, 0.2) is 22.7 Å². The third kappa shape index (κ3) is 4.53. The van der Waals surface area contributed by atoms with Crippen LogP contribution in [-0.2, 0) is 14.8 Å². The van der Waals surface area contributed by atoms with Crippen LogP contribution >= 0.6 is 15.9 Å². The molecule has 0 radical (unpaired) electrons. The van der Waals surface area contributed by atoms with E-state index >= 15 is 0 Å². The molecule has 100 valence electrons. The number of anilines is 1. The number of carbonyl (C=O) groups is 1. The monoisotopic (exact) mass is 337 g/mol. The topological polar surface area (TPSA) is 92.7 Å². The second kappa shape index (κ2) is 6.05. The van der Waals surface area contributed by atoms with Gasteiger partial charge in [0, 0.05) is 4.47 Å². The molecule has 0 saturated heterocycles. The molecule has 0 amide bonds. The SMILES string of the molecule is COc1ccc(Br)cc1NS(=O)(=O)CCC(=O)O. The van der Waals surface area contributed by atoms with Gasteiger partial charge in [0.15, 0.2) is 0 Å². The fourth-order valence-electron chi connectivity index (χ4n) is 1.20. The van der Waals surface area contributed by atoms with Crippen molar-refractivity contribution in [3.05, 3.63) is 22.7 Å². The lowest BCUT2D eigenvalue weighted by Gasteiger charge is -2.11. The van der Waals surface area contributed by atoms with E-state index in [2.05, 4.69) is 20.7 Å². The maximum Gasteiger partial charge on any atom is 0.304 e. The van der Waals surface area contributed by atoms with Crippen LogP contribution in [0.1, 0.15) is 6.42 Å². The summed E-state index contributed by atoms with van der Waals surface area (Å²) in [6, 6.07) is 4.84. The summed E-state index contributed by atoms with van der Waals surface area (Å²) in [5, 5.41) is 8.46. The lowest BCUT2D eigenvalue weighted by Crippen LogP contribution is -2.19. The molecule has 8 heteroatoms. The molecule has 0 spiro atoms. The minimum Gasteiger partial charge on any atom is -0.495 e. The van der Waals surface area contributed by atoms with Crippen molar-refractivity contribution in [1.82, 2.24) is 0 Å². The van der Waals surface area contributed by atoms with E-state index in [4.69, 9.17) is 9.84 Å². The van der Waals surface area contributed by atoms with E-state index in [1.54, 1.807) is 12.1 Å². The summed E-state index contributed by atoms with van der Waals surface area (Å²) >= 11 is 3.21. The van der Waals surface area contributed by atoms with Gasteiger partial charge in [0.25, 0.3) is 0 Å². The maximum atomic E-state index is 11.6. The summed E-state index contributed by atoms with van der Waals surface area (Å²) in [6.07, 6.45) is -0.453. The Balaban J connectivity index is 2.89. The van der Waals surface area contributed by atoms with Crippen molar-refractivity contribution in [1.29, 1.82) is 0 Å². The molecular weight excluding hydrogens is 326 g/mol. The zero-order valence-corrected chi connectivity index (χ0v) is 11.9. The van der Waals surface area contributed by atoms with Gasteiger partial charge in [-0.1, -0.05) is 15.9 Å². The molecule has 0 aliphatic heterocycles. The van der Waals surface area contributed by atoms with Crippen LogP contribution in [0.5, 0.6) is 5.75 Å². The highest BCUT2D eigenvalue weighted by molar-refractivity contribution is 9.10. The normalized spacial score (nSPS) is 11.0. The Kier molecular flexibility index (Phi) is 4.97. The van der Waals surface area contributed by atoms with Gasteiger partial charge >= 0.3 is 5.97 Å². The molecule has 18 heavy (non-hydrogen) atoms. The molecule has 0 bridgehead atoms. The molecule has 0 heterocycles. The first-order chi connectivity index (χ1) is 8.34. The van der Waals surface area contributed by atoms with Crippen LogP contribution in [0.2, 0.25) is 0 Å². The van der Waals surface area contributed by atoms with E-state index in [1.807, 2.05) is 0 Å². The summed E-state index contributed by atoms with van der Waals surface area (Å²) in [7, 11) is -2.30. The van der Waals surface area contributed by atoms with Gasteiger partial charge in [0.2, 0.25) is 10.0 Å². The van der Waals surface area contributed by atoms with E-state index in [0.29, 0.717) is 10.2 Å². The number of sulfonamides is 1. The number of carboxylic acid groups (broad SMARTS) is 1. The number of ether oxygens (including phenoxy) is 1. The molecule has 0 aromatic heterocycles. The van der Waals surface area contributed by atoms with E-state index in [1.165, 1.54) is 13.2 Å². The van der Waals surface area contributed by atoms with Gasteiger partial charge < -0.3 is 9.84 Å². The van der Waals surface area contributed by atoms with Crippen molar-refractivity contribution >= 4 is 37.6 Å². The molecule has 1 aromatic carbocycles. The van der Waals surface area contributed by atoms with Crippen LogP contribution in [-0.4, -0.2) is 32.4 Å². The van der Waals surface area contributed by atoms with Crippen LogP contribution in [0.3, 0.4) is 0 Å². The third-order valence-electron chi connectivity index (χ3n) is 2.01. The van der Waals surface area contributed by atoms with Crippen molar-refractivity contribution in [2.45, 2.75) is 6.42 Å². The molecule has 2 N–H and O–H groups in total. The molecule has 0 aliphatic rings. The van der Waals surface area contributed by atoms with Crippen LogP contribution in [0, 0.1) is 0 Å². The quantitative estimate of drug-likeness (QED) is 0.823. The number of aliphatic carboxylic acids is 1. The van der Waals surface area contributed by atoms with E-state index in [-0.39, 0.29) is 5.69 Å². The molecular formula is C10H12BrNO5S. The minimum absolute atomic E-state index is 0.261. The van der Waals surface area contributed by atoms with Crippen molar-refractivity contribution in [2.75, 3.05) is 17.6 Å². The predicted octanol–water partition coefficient (Wildman–Crippen LogP) is 1.67. The summed E-state index contributed by atoms with van der Waals surface area (Å²) < 4.78 is 31.3. The van der Waals surface area contributed by atoms with Gasteiger partial charge in [-0.15, -0.1) is 0 Å². The summed E-state index contributed by atoms with van der Waals surface area (Å²) in [5.41, 5.74) is 0.261. The highest BCUT2D eigenvalue weighted by atomic mass is 79.9. The smallest absolute Gasteiger partial charge is 0.304 e. The summed E-state index contributed by atoms with van der Waals surface area (Å²) in [4.78, 5) is 10.4. The number of hydrogen-bond acceptors (Lipinski definition) is 4. The predicted molar refractivity (Wildman–Crippen MR) is 70.4 cm³/mol. The highest BCUT2D eigenvalue weighted by Crippen LogP contribution is 2.28. The largest absolute Gasteiger partial charge is 0.495 e. The molecule has 6 nitrogen and oxygen atoms in total. The van der Waals surface area contributed by atoms with Crippen LogP contribution in [0.4, 0.5) is 5.69 Å². The Hall–Kier alpha value is -1.28. The molecule has 0 saturated carbocycles. The minimum atomic E-state index is -3.71. The average Bonchev–Trinajstić information content (AvgIpc) is 2.26. The van der Waals surface area contributed by atoms with Gasteiger partial charge in [-0.2, -0.15) is 0 Å². The van der Waals surface area contributed by atoms with E-state index < -0.39 is 28.2 Å². The van der Waals surface area contributed by atoms with Crippen molar-refractivity contribution < 1.29 is 23.1 Å². The third-order valence-corrected chi connectivity index (χ3v) is 3.78. The average molecular weight is 338 g/mol. The fraction of sp³-hybridized carbons (Fsp3) is 0.300. The molecule has 0 aliphatic carbocycles. The van der Waals surface area contributed by atoms with Crippen LogP contribution in [0.25, 0.3) is 0 Å². The molecule has 1 rings (SSSR count). The first-order valence-electron chi connectivity index (χ1n) is 4.90. The van der Waals surface area contributed by atoms with Crippen molar-refractivity contribution in [2.24, 2.45) is 0 Å². The highest BCUT2D eigenvalue weighted by Gasteiger charge is 2.15. The fourth-order valence-corrected chi connectivity index (χ4v) is 2.60. The van der Waals surface area contributed by atoms with Gasteiger partial charge in [-0.25, -0.2) is 8.42 Å². The van der Waals surface area contributed by atoms with Gasteiger partial charge in [0.05, 0.1) is 25.0 Å². The second-order valence-corrected chi connectivity index (χ2v) is 6.17. The van der Waals surface area contributed by atoms with Gasteiger partial charge in [0.1, 0.15) is 5.75 Å². The van der Waals surface area contributed by atoms with E-state index in [9.17, 15) is 13.2 Å². The number of methoxy groups -OCH3 is 1. The molecule has 0 fully saturated rings. The lowest BCUT2D eigenvalue weighted by atomic mass is 10.3. The van der Waals surface area contributed by atoms with Crippen LogP contribution < -0.4 is 9.46 Å². The molecule has 1 aromatic rings. The first-order valence-corrected chi connectivity index (χ1v) is 7.34. The second-order valence-electron chi connectivity index (χ2n) is 3.41. The zero-order chi connectivity index (χ0) is 13.8. The number of halogens is 1. The number of nitrogens with one attached hydrogen (secondary N) is 1. The van der Waals surface area contributed by atoms with Gasteiger partial charge in [-0.3, -0.25) is 9.52 Å². The standard InChI is InChI=1S/C10H12BrNO5S/c1-17-9-3-2-7(11)6-8(9)12-18(15,16)5-4-10(13)14/h2-3,6,12H,4-5H2,1H3,(H,13,14). The number of hydrogen-bond donors (Lipinski definition) is 2. The maximum absolute atomic E-state index is 11.6. The Morgan fingerprint density at radius 2 is 2.17 bits per heavy atom. The number of benzene rings is 1. The first kappa shape index (κ1) is 14.8. The number of carboxylic acids is 1. The Morgan fingerprint density at radius 3 is 2.72 bits per heavy atom. The Bertz CT molecular complexity index is 543. The van der Waals surface area contributed by atoms with Crippen molar-refractivity contribution in [3.63, 3.8) is 0 Å². The summed E-state index contributed by atoms with van der Waals surface area (Å²) in [6.45, 7) is 0. The lowest BCUT2D eigenvalue weighted by molar-refractivity contribution is -0.136. The molecule has 0 atom stereocenters. The zero-order valence-electron chi connectivity index (χ0n) is 9.51. The van der Waals surface area contributed by atoms with E-state index in [0.717, 1.165) is 0 Å². The molecule has 0 unspecified atom stereocenters. The Labute approximate surface area is 113 Å². The number of rotatable bonds is 6.